The molecule has 0 amide bonds. The van der Waals surface area contributed by atoms with Gasteiger partial charge in [-0.3, -0.25) is 4.79 Å². The predicted octanol–water partition coefficient (Wildman–Crippen LogP) is 4.81. The number of aromatic hydroxyl groups is 1. The van der Waals surface area contributed by atoms with Gasteiger partial charge in [-0.05, 0) is 41.5 Å². The monoisotopic (exact) mass is 369 g/mol. The molecule has 0 spiro atoms. The number of phenols is 1. The van der Waals surface area contributed by atoms with Crippen molar-refractivity contribution < 1.29 is 14.6 Å². The average Bonchev–Trinajstić information content (AvgIpc) is 3.22. The smallest absolute Gasteiger partial charge is 0.154 e. The molecule has 0 bridgehead atoms. The Morgan fingerprint density at radius 1 is 1.07 bits per heavy atom. The number of carbonyl (C=O) groups excluding carboxylic acids is 1. The van der Waals surface area contributed by atoms with E-state index in [1.54, 1.807) is 0 Å². The van der Waals surface area contributed by atoms with Gasteiger partial charge >= 0.3 is 0 Å². The minimum atomic E-state index is -0.0517. The van der Waals surface area contributed by atoms with E-state index in [0.717, 1.165) is 47.1 Å². The molecule has 0 aromatic heterocycles. The number of nitriles is 1. The van der Waals surface area contributed by atoms with E-state index < -0.39 is 0 Å². The fraction of sp³-hybridized carbons (Fsp3) is 0.167. The van der Waals surface area contributed by atoms with Crippen LogP contribution in [0.2, 0.25) is 0 Å². The Balaban J connectivity index is 1.67. The average molecular weight is 369 g/mol. The van der Waals surface area contributed by atoms with Crippen molar-refractivity contribution in [2.45, 2.75) is 25.9 Å². The third kappa shape index (κ3) is 3.12. The predicted molar refractivity (Wildman–Crippen MR) is 106 cm³/mol. The van der Waals surface area contributed by atoms with E-state index in [1.165, 1.54) is 6.07 Å². The van der Waals surface area contributed by atoms with Gasteiger partial charge in [0.1, 0.15) is 24.2 Å². The molecule has 138 valence electrons. The number of aldehydes is 1. The number of ether oxygens (including phenoxy) is 1. The summed E-state index contributed by atoms with van der Waals surface area (Å²) in [5, 5.41) is 19.9. The summed E-state index contributed by atoms with van der Waals surface area (Å²) >= 11 is 0. The molecule has 0 saturated carbocycles. The second kappa shape index (κ2) is 7.58. The van der Waals surface area contributed by atoms with Crippen LogP contribution in [-0.2, 0) is 19.4 Å². The molecule has 1 aliphatic carbocycles. The molecule has 4 rings (SSSR count). The Morgan fingerprint density at radius 2 is 1.86 bits per heavy atom. The highest BCUT2D eigenvalue weighted by Gasteiger charge is 2.23. The van der Waals surface area contributed by atoms with Gasteiger partial charge in [-0.25, -0.2) is 0 Å². The van der Waals surface area contributed by atoms with Crippen LogP contribution in [0.25, 0.3) is 11.1 Å². The normalized spacial score (nSPS) is 12.2. The summed E-state index contributed by atoms with van der Waals surface area (Å²) in [7, 11) is 0. The number of rotatable bonds is 5. The van der Waals surface area contributed by atoms with Crippen molar-refractivity contribution in [3.05, 3.63) is 82.4 Å². The van der Waals surface area contributed by atoms with Gasteiger partial charge in [0.25, 0.3) is 0 Å². The first-order valence-electron chi connectivity index (χ1n) is 9.26. The number of fused-ring (bicyclic) bond motifs is 1. The zero-order valence-corrected chi connectivity index (χ0v) is 15.3. The van der Waals surface area contributed by atoms with Crippen molar-refractivity contribution in [3.8, 4) is 28.7 Å². The molecule has 0 heterocycles. The van der Waals surface area contributed by atoms with Gasteiger partial charge in [-0.15, -0.1) is 0 Å². The second-order valence-electron chi connectivity index (χ2n) is 6.84. The Labute approximate surface area is 163 Å². The maximum atomic E-state index is 11.3. The minimum absolute atomic E-state index is 0.0517. The van der Waals surface area contributed by atoms with Crippen LogP contribution in [0.4, 0.5) is 0 Å². The standard InChI is InChI=1S/C24H19NO3/c25-13-21-17(8-4-9-18(21)16-6-2-1-3-7-16)15-28-24-12-23(27)22(14-26)19-10-5-11-20(19)24/h1-4,6-9,12,14,27H,5,10-11,15H2. The van der Waals surface area contributed by atoms with Gasteiger partial charge in [-0.2, -0.15) is 5.26 Å². The molecular weight excluding hydrogens is 350 g/mol. The first-order chi connectivity index (χ1) is 13.7. The highest BCUT2D eigenvalue weighted by molar-refractivity contribution is 5.83. The second-order valence-corrected chi connectivity index (χ2v) is 6.84. The van der Waals surface area contributed by atoms with Gasteiger partial charge in [0.2, 0.25) is 0 Å². The van der Waals surface area contributed by atoms with Gasteiger partial charge < -0.3 is 9.84 Å². The third-order valence-electron chi connectivity index (χ3n) is 5.23. The lowest BCUT2D eigenvalue weighted by Gasteiger charge is -2.15. The molecule has 4 heteroatoms. The highest BCUT2D eigenvalue weighted by atomic mass is 16.5. The largest absolute Gasteiger partial charge is 0.507 e. The van der Waals surface area contributed by atoms with Crippen LogP contribution in [0.15, 0.2) is 54.6 Å². The van der Waals surface area contributed by atoms with E-state index >= 15 is 0 Å². The highest BCUT2D eigenvalue weighted by Crippen LogP contribution is 2.38. The molecule has 1 N–H and O–H groups in total. The summed E-state index contributed by atoms with van der Waals surface area (Å²) in [5.41, 5.74) is 5.45. The molecule has 3 aromatic carbocycles. The van der Waals surface area contributed by atoms with Crippen molar-refractivity contribution in [1.29, 1.82) is 5.26 Å². The molecule has 0 unspecified atom stereocenters. The van der Waals surface area contributed by atoms with Gasteiger partial charge in [0, 0.05) is 11.6 Å². The van der Waals surface area contributed by atoms with Crippen LogP contribution in [0, 0.1) is 11.3 Å². The molecule has 4 nitrogen and oxygen atoms in total. The Hall–Kier alpha value is -3.58. The van der Waals surface area contributed by atoms with E-state index in [9.17, 15) is 15.2 Å². The van der Waals surface area contributed by atoms with Crippen molar-refractivity contribution in [1.82, 2.24) is 0 Å². The van der Waals surface area contributed by atoms with Crippen LogP contribution in [0.5, 0.6) is 11.5 Å². The van der Waals surface area contributed by atoms with Crippen LogP contribution in [0.3, 0.4) is 0 Å². The maximum absolute atomic E-state index is 11.3. The lowest BCUT2D eigenvalue weighted by atomic mass is 9.96. The van der Waals surface area contributed by atoms with E-state index in [0.29, 0.717) is 23.2 Å². The topological polar surface area (TPSA) is 70.3 Å². The number of phenolic OH excluding ortho intramolecular Hbond substituents is 1. The summed E-state index contributed by atoms with van der Waals surface area (Å²) in [5.74, 6) is 0.536. The lowest BCUT2D eigenvalue weighted by molar-refractivity contribution is 0.112. The summed E-state index contributed by atoms with van der Waals surface area (Å²) in [6, 6.07) is 19.3. The van der Waals surface area contributed by atoms with Crippen molar-refractivity contribution in [3.63, 3.8) is 0 Å². The first-order valence-corrected chi connectivity index (χ1v) is 9.26. The summed E-state index contributed by atoms with van der Waals surface area (Å²) in [6.45, 7) is 0.218. The van der Waals surface area contributed by atoms with E-state index in [-0.39, 0.29) is 12.4 Å². The SMILES string of the molecule is N#Cc1c(COc2cc(O)c(C=O)c3c2CCC3)cccc1-c1ccccc1. The number of nitrogens with zero attached hydrogens (tertiary/aromatic N) is 1. The summed E-state index contributed by atoms with van der Waals surface area (Å²) in [4.78, 5) is 11.3. The van der Waals surface area contributed by atoms with E-state index in [2.05, 4.69) is 6.07 Å². The Kier molecular flexibility index (Phi) is 4.82. The molecule has 0 saturated heterocycles. The number of carbonyl (C=O) groups is 1. The number of hydrogen-bond donors (Lipinski definition) is 1. The van der Waals surface area contributed by atoms with Crippen molar-refractivity contribution in [2.75, 3.05) is 0 Å². The molecule has 3 aromatic rings. The molecule has 0 atom stereocenters. The number of benzene rings is 3. The van der Waals surface area contributed by atoms with Crippen LogP contribution in [-0.4, -0.2) is 11.4 Å². The summed E-state index contributed by atoms with van der Waals surface area (Å²) < 4.78 is 6.02. The fourth-order valence-corrected chi connectivity index (χ4v) is 3.88. The zero-order valence-electron chi connectivity index (χ0n) is 15.3. The molecule has 28 heavy (non-hydrogen) atoms. The third-order valence-corrected chi connectivity index (χ3v) is 5.23. The molecule has 0 radical (unpaired) electrons. The minimum Gasteiger partial charge on any atom is -0.507 e. The van der Waals surface area contributed by atoms with Gasteiger partial charge in [-0.1, -0.05) is 48.5 Å². The van der Waals surface area contributed by atoms with Crippen LogP contribution >= 0.6 is 0 Å². The molecule has 0 fully saturated rings. The lowest BCUT2D eigenvalue weighted by Crippen LogP contribution is -2.03. The van der Waals surface area contributed by atoms with Gasteiger partial charge in [0.05, 0.1) is 11.1 Å². The molecular formula is C24H19NO3. The maximum Gasteiger partial charge on any atom is 0.154 e. The molecule has 1 aliphatic rings. The van der Waals surface area contributed by atoms with Crippen LogP contribution in [0.1, 0.15) is 39.0 Å². The van der Waals surface area contributed by atoms with Crippen molar-refractivity contribution in [2.24, 2.45) is 0 Å². The Bertz CT molecular complexity index is 1080. The van der Waals surface area contributed by atoms with Gasteiger partial charge in [0.15, 0.2) is 6.29 Å². The van der Waals surface area contributed by atoms with E-state index in [4.69, 9.17) is 4.74 Å². The van der Waals surface area contributed by atoms with Crippen LogP contribution < -0.4 is 4.74 Å². The number of hydrogen-bond acceptors (Lipinski definition) is 4. The summed E-state index contributed by atoms with van der Waals surface area (Å²) in [6.07, 6.45) is 3.23. The van der Waals surface area contributed by atoms with E-state index in [1.807, 2.05) is 48.5 Å². The first kappa shape index (κ1) is 17.8. The quantitative estimate of drug-likeness (QED) is 0.655. The van der Waals surface area contributed by atoms with Crippen molar-refractivity contribution >= 4 is 6.29 Å². The fourth-order valence-electron chi connectivity index (χ4n) is 3.88. The zero-order chi connectivity index (χ0) is 19.5. The molecule has 0 aliphatic heterocycles. The Morgan fingerprint density at radius 3 is 2.61 bits per heavy atom.